The van der Waals surface area contributed by atoms with Gasteiger partial charge < -0.3 is 15.2 Å². The van der Waals surface area contributed by atoms with Crippen LogP contribution in [0.4, 0.5) is 5.95 Å². The molecule has 0 amide bonds. The van der Waals surface area contributed by atoms with Crippen LogP contribution in [0.5, 0.6) is 0 Å². The van der Waals surface area contributed by atoms with Gasteiger partial charge in [-0.25, -0.2) is 4.98 Å². The summed E-state index contributed by atoms with van der Waals surface area (Å²) < 4.78 is 2.00. The smallest absolute Gasteiger partial charge is 0.200 e. The molecular formula is C9H18N4. The molecule has 0 saturated carbocycles. The van der Waals surface area contributed by atoms with Crippen LogP contribution in [0.15, 0.2) is 6.20 Å². The molecule has 0 radical (unpaired) electrons. The molecule has 0 aromatic carbocycles. The lowest BCUT2D eigenvalue weighted by atomic mass is 10.4. The molecular weight excluding hydrogens is 164 g/mol. The van der Waals surface area contributed by atoms with Crippen molar-refractivity contribution in [3.8, 4) is 0 Å². The predicted octanol–water partition coefficient (Wildman–Crippen LogP) is 0.725. The van der Waals surface area contributed by atoms with E-state index in [1.165, 1.54) is 0 Å². The molecule has 1 rings (SSSR count). The van der Waals surface area contributed by atoms with E-state index in [-0.39, 0.29) is 0 Å². The van der Waals surface area contributed by atoms with Crippen molar-refractivity contribution in [3.05, 3.63) is 11.9 Å². The number of hydrogen-bond donors (Lipinski definition) is 1. The summed E-state index contributed by atoms with van der Waals surface area (Å²) in [6.45, 7) is 3.99. The van der Waals surface area contributed by atoms with Gasteiger partial charge >= 0.3 is 0 Å². The highest BCUT2D eigenvalue weighted by Gasteiger charge is 2.00. The lowest BCUT2D eigenvalue weighted by molar-refractivity contribution is 0.387. The summed E-state index contributed by atoms with van der Waals surface area (Å²) in [6, 6.07) is 0. The molecule has 0 bridgehead atoms. The number of nitrogens with zero attached hydrogens (tertiary/aromatic N) is 3. The number of nitrogen functional groups attached to an aromatic ring is 1. The minimum Gasteiger partial charge on any atom is -0.369 e. The third-order valence-corrected chi connectivity index (χ3v) is 1.93. The van der Waals surface area contributed by atoms with Crippen LogP contribution in [0.2, 0.25) is 0 Å². The van der Waals surface area contributed by atoms with Crippen molar-refractivity contribution in [2.45, 2.75) is 19.9 Å². The minimum atomic E-state index is 0.622. The fraction of sp³-hybridized carbons (Fsp3) is 0.667. The van der Waals surface area contributed by atoms with Gasteiger partial charge in [-0.2, -0.15) is 0 Å². The molecule has 0 aliphatic carbocycles. The summed E-state index contributed by atoms with van der Waals surface area (Å²) in [6.07, 6.45) is 3.10. The van der Waals surface area contributed by atoms with Gasteiger partial charge in [-0.3, -0.25) is 0 Å². The quantitative estimate of drug-likeness (QED) is 0.746. The summed E-state index contributed by atoms with van der Waals surface area (Å²) in [4.78, 5) is 6.30. The molecule has 1 aromatic heterocycles. The Morgan fingerprint density at radius 1 is 1.54 bits per heavy atom. The van der Waals surface area contributed by atoms with Gasteiger partial charge in [0.2, 0.25) is 0 Å². The molecule has 13 heavy (non-hydrogen) atoms. The number of anilines is 1. The molecule has 4 nitrogen and oxygen atoms in total. The number of aromatic nitrogens is 2. The highest BCUT2D eigenvalue weighted by molar-refractivity contribution is 5.20. The average molecular weight is 182 g/mol. The van der Waals surface area contributed by atoms with E-state index in [2.05, 4.69) is 24.0 Å². The molecule has 0 unspecified atom stereocenters. The van der Waals surface area contributed by atoms with Gasteiger partial charge in [0.25, 0.3) is 0 Å². The normalized spacial score (nSPS) is 11.1. The highest BCUT2D eigenvalue weighted by Crippen LogP contribution is 2.04. The van der Waals surface area contributed by atoms with Gasteiger partial charge in [0.1, 0.15) is 0 Å². The Balaban J connectivity index is 2.40. The first-order valence-corrected chi connectivity index (χ1v) is 4.53. The van der Waals surface area contributed by atoms with E-state index in [0.29, 0.717) is 5.95 Å². The Kier molecular flexibility index (Phi) is 3.31. The van der Waals surface area contributed by atoms with Gasteiger partial charge in [0, 0.05) is 12.7 Å². The molecule has 4 heteroatoms. The summed E-state index contributed by atoms with van der Waals surface area (Å²) >= 11 is 0. The van der Waals surface area contributed by atoms with E-state index in [9.17, 15) is 0 Å². The number of aryl methyl sites for hydroxylation is 2. The summed E-state index contributed by atoms with van der Waals surface area (Å²) in [5, 5.41) is 0. The van der Waals surface area contributed by atoms with Crippen molar-refractivity contribution in [3.63, 3.8) is 0 Å². The number of hydrogen-bond acceptors (Lipinski definition) is 3. The lowest BCUT2D eigenvalue weighted by Crippen LogP contribution is -2.15. The Hall–Kier alpha value is -1.03. The second-order valence-electron chi connectivity index (χ2n) is 3.59. The SMILES string of the molecule is Cc1cn(CCCN(C)C)c(N)n1. The summed E-state index contributed by atoms with van der Waals surface area (Å²) in [5.41, 5.74) is 6.68. The maximum absolute atomic E-state index is 5.70. The van der Waals surface area contributed by atoms with Crippen LogP contribution < -0.4 is 5.73 Å². The lowest BCUT2D eigenvalue weighted by Gasteiger charge is -2.09. The van der Waals surface area contributed by atoms with Crippen molar-refractivity contribution >= 4 is 5.95 Å². The fourth-order valence-electron chi connectivity index (χ4n) is 1.30. The predicted molar refractivity (Wildman–Crippen MR) is 54.5 cm³/mol. The first-order chi connectivity index (χ1) is 6.09. The Morgan fingerprint density at radius 3 is 2.69 bits per heavy atom. The summed E-state index contributed by atoms with van der Waals surface area (Å²) in [5.74, 6) is 0.622. The topological polar surface area (TPSA) is 47.1 Å². The van der Waals surface area contributed by atoms with Gasteiger partial charge in [-0.1, -0.05) is 0 Å². The maximum Gasteiger partial charge on any atom is 0.200 e. The van der Waals surface area contributed by atoms with Crippen molar-refractivity contribution in [1.29, 1.82) is 0 Å². The van der Waals surface area contributed by atoms with Crippen LogP contribution in [0.1, 0.15) is 12.1 Å². The third kappa shape index (κ3) is 3.06. The number of nitrogens with two attached hydrogens (primary N) is 1. The van der Waals surface area contributed by atoms with E-state index in [0.717, 1.165) is 25.2 Å². The molecule has 0 aliphatic rings. The Morgan fingerprint density at radius 2 is 2.23 bits per heavy atom. The average Bonchev–Trinajstić information content (AvgIpc) is 2.29. The van der Waals surface area contributed by atoms with Crippen LogP contribution in [0.25, 0.3) is 0 Å². The van der Waals surface area contributed by atoms with E-state index in [1.807, 2.05) is 17.7 Å². The third-order valence-electron chi connectivity index (χ3n) is 1.93. The molecule has 0 aliphatic heterocycles. The van der Waals surface area contributed by atoms with Crippen molar-refractivity contribution in [1.82, 2.24) is 14.5 Å². The maximum atomic E-state index is 5.70. The van der Waals surface area contributed by atoms with Crippen molar-refractivity contribution in [2.24, 2.45) is 0 Å². The van der Waals surface area contributed by atoms with Crippen molar-refractivity contribution in [2.75, 3.05) is 26.4 Å². The van der Waals surface area contributed by atoms with Gasteiger partial charge in [0.05, 0.1) is 5.69 Å². The molecule has 74 valence electrons. The van der Waals surface area contributed by atoms with Crippen LogP contribution in [-0.2, 0) is 6.54 Å². The van der Waals surface area contributed by atoms with E-state index in [4.69, 9.17) is 5.73 Å². The van der Waals surface area contributed by atoms with Gasteiger partial charge in [0.15, 0.2) is 5.95 Å². The molecule has 0 saturated heterocycles. The van der Waals surface area contributed by atoms with Crippen LogP contribution in [0.3, 0.4) is 0 Å². The molecule has 0 spiro atoms. The second kappa shape index (κ2) is 4.28. The van der Waals surface area contributed by atoms with E-state index >= 15 is 0 Å². The number of rotatable bonds is 4. The van der Waals surface area contributed by atoms with E-state index < -0.39 is 0 Å². The van der Waals surface area contributed by atoms with E-state index in [1.54, 1.807) is 0 Å². The van der Waals surface area contributed by atoms with Gasteiger partial charge in [-0.05, 0) is 34.0 Å². The van der Waals surface area contributed by atoms with Crippen LogP contribution >= 0.6 is 0 Å². The van der Waals surface area contributed by atoms with Crippen LogP contribution in [0, 0.1) is 6.92 Å². The highest BCUT2D eigenvalue weighted by atomic mass is 15.1. The first-order valence-electron chi connectivity index (χ1n) is 4.53. The molecule has 2 N–H and O–H groups in total. The zero-order valence-electron chi connectivity index (χ0n) is 8.62. The first kappa shape index (κ1) is 10.1. The number of imidazole rings is 1. The fourth-order valence-corrected chi connectivity index (χ4v) is 1.30. The molecule has 1 aromatic rings. The zero-order chi connectivity index (χ0) is 9.84. The monoisotopic (exact) mass is 182 g/mol. The second-order valence-corrected chi connectivity index (χ2v) is 3.59. The largest absolute Gasteiger partial charge is 0.369 e. The van der Waals surface area contributed by atoms with Gasteiger partial charge in [-0.15, -0.1) is 0 Å². The van der Waals surface area contributed by atoms with Crippen molar-refractivity contribution < 1.29 is 0 Å². The Labute approximate surface area is 79.4 Å². The molecule has 0 atom stereocenters. The van der Waals surface area contributed by atoms with Crippen LogP contribution in [-0.4, -0.2) is 35.1 Å². The zero-order valence-corrected chi connectivity index (χ0v) is 8.62. The minimum absolute atomic E-state index is 0.622. The summed E-state index contributed by atoms with van der Waals surface area (Å²) in [7, 11) is 4.14. The molecule has 0 fully saturated rings. The standard InChI is InChI=1S/C9H18N4/c1-8-7-13(9(10)11-8)6-4-5-12(2)3/h7H,4-6H2,1-3H3,(H2,10,11). The Bertz CT molecular complexity index is 265. The molecule has 1 heterocycles.